The fourth-order valence-electron chi connectivity index (χ4n) is 3.52. The van der Waals surface area contributed by atoms with Crippen molar-refractivity contribution in [2.75, 3.05) is 6.61 Å². The van der Waals surface area contributed by atoms with E-state index in [0.29, 0.717) is 11.3 Å². The molecule has 132 valence electrons. The van der Waals surface area contributed by atoms with Gasteiger partial charge in [0.2, 0.25) is 0 Å². The molecule has 1 aliphatic rings. The summed E-state index contributed by atoms with van der Waals surface area (Å²) in [4.78, 5) is 25.1. The standard InChI is InChI=1S/C18H19BrN2O4/c1-3-8-25-17(23)15-13(10-4-6-11(19)7-5-10)14-12(9-18(15,2)24)20-21-16(14)22/h3-7,13,15,24H,1,8-9H2,2H3,(H2,20,21,22)/t13-,15-,18+/m0/s1. The second kappa shape index (κ2) is 6.65. The van der Waals surface area contributed by atoms with Crippen molar-refractivity contribution in [2.24, 2.45) is 5.92 Å². The normalized spacial score (nSPS) is 25.2. The first-order chi connectivity index (χ1) is 11.8. The van der Waals surface area contributed by atoms with Gasteiger partial charge in [-0.15, -0.1) is 0 Å². The highest BCUT2D eigenvalue weighted by atomic mass is 79.9. The highest BCUT2D eigenvalue weighted by molar-refractivity contribution is 9.10. The smallest absolute Gasteiger partial charge is 0.313 e. The third-order valence-corrected chi connectivity index (χ3v) is 5.10. The van der Waals surface area contributed by atoms with Gasteiger partial charge in [0.05, 0.1) is 11.5 Å². The number of H-pyrrole nitrogens is 2. The molecule has 7 heteroatoms. The summed E-state index contributed by atoms with van der Waals surface area (Å²) in [5, 5.41) is 16.4. The average Bonchev–Trinajstić information content (AvgIpc) is 2.91. The Balaban J connectivity index is 2.16. The topological polar surface area (TPSA) is 95.2 Å². The van der Waals surface area contributed by atoms with Crippen molar-refractivity contribution in [1.82, 2.24) is 10.2 Å². The number of hydrogen-bond donors (Lipinski definition) is 3. The fourth-order valence-corrected chi connectivity index (χ4v) is 3.78. The fraction of sp³-hybridized carbons (Fsp3) is 0.333. The van der Waals surface area contributed by atoms with Gasteiger partial charge >= 0.3 is 5.97 Å². The number of nitrogens with one attached hydrogen (secondary N) is 2. The van der Waals surface area contributed by atoms with Crippen LogP contribution in [0.3, 0.4) is 0 Å². The predicted molar refractivity (Wildman–Crippen MR) is 96.4 cm³/mol. The van der Waals surface area contributed by atoms with E-state index in [4.69, 9.17) is 4.74 Å². The van der Waals surface area contributed by atoms with Crippen LogP contribution in [0.1, 0.15) is 29.7 Å². The van der Waals surface area contributed by atoms with E-state index in [-0.39, 0.29) is 18.6 Å². The van der Waals surface area contributed by atoms with Gasteiger partial charge in [-0.2, -0.15) is 0 Å². The Labute approximate surface area is 153 Å². The molecule has 1 heterocycles. The molecule has 0 fully saturated rings. The number of fused-ring (bicyclic) bond motifs is 1. The van der Waals surface area contributed by atoms with Crippen molar-refractivity contribution in [3.8, 4) is 0 Å². The predicted octanol–water partition coefficient (Wildman–Crippen LogP) is 2.25. The summed E-state index contributed by atoms with van der Waals surface area (Å²) in [5.41, 5.74) is 0.175. The average molecular weight is 407 g/mol. The van der Waals surface area contributed by atoms with Gasteiger partial charge in [-0.05, 0) is 24.6 Å². The van der Waals surface area contributed by atoms with Crippen molar-refractivity contribution >= 4 is 21.9 Å². The Bertz CT molecular complexity index is 851. The highest BCUT2D eigenvalue weighted by Crippen LogP contribution is 2.44. The lowest BCUT2D eigenvalue weighted by atomic mass is 9.66. The van der Waals surface area contributed by atoms with Crippen LogP contribution in [0.15, 0.2) is 46.2 Å². The van der Waals surface area contributed by atoms with Crippen molar-refractivity contribution in [3.05, 3.63) is 68.6 Å². The molecule has 6 nitrogen and oxygen atoms in total. The zero-order valence-corrected chi connectivity index (χ0v) is 15.3. The molecule has 0 aliphatic heterocycles. The van der Waals surface area contributed by atoms with Crippen molar-refractivity contribution in [1.29, 1.82) is 0 Å². The van der Waals surface area contributed by atoms with Crippen LogP contribution in [0.2, 0.25) is 0 Å². The van der Waals surface area contributed by atoms with E-state index in [0.717, 1.165) is 10.0 Å². The van der Waals surface area contributed by atoms with Gasteiger partial charge in [-0.3, -0.25) is 14.7 Å². The number of rotatable bonds is 4. The Hall–Kier alpha value is -2.12. The van der Waals surface area contributed by atoms with E-state index in [1.54, 1.807) is 6.92 Å². The van der Waals surface area contributed by atoms with Crippen LogP contribution < -0.4 is 5.56 Å². The van der Waals surface area contributed by atoms with Crippen LogP contribution in [0.25, 0.3) is 0 Å². The molecule has 1 aliphatic carbocycles. The lowest BCUT2D eigenvalue weighted by Gasteiger charge is -2.40. The maximum absolute atomic E-state index is 12.7. The van der Waals surface area contributed by atoms with Crippen LogP contribution in [-0.4, -0.2) is 33.5 Å². The molecule has 3 rings (SSSR count). The van der Waals surface area contributed by atoms with Crippen LogP contribution >= 0.6 is 15.9 Å². The molecule has 0 unspecified atom stereocenters. The Morgan fingerprint density at radius 3 is 2.76 bits per heavy atom. The molecule has 0 radical (unpaired) electrons. The number of aromatic amines is 2. The molecule has 0 bridgehead atoms. The summed E-state index contributed by atoms with van der Waals surface area (Å²) in [6.07, 6.45) is 1.63. The molecule has 2 aromatic rings. The van der Waals surface area contributed by atoms with Gasteiger partial charge in [-0.1, -0.05) is 40.7 Å². The van der Waals surface area contributed by atoms with Gasteiger partial charge in [-0.25, -0.2) is 0 Å². The van der Waals surface area contributed by atoms with Crippen LogP contribution in [-0.2, 0) is 16.0 Å². The zero-order valence-electron chi connectivity index (χ0n) is 13.7. The minimum Gasteiger partial charge on any atom is -0.461 e. The number of aromatic nitrogens is 2. The number of halogens is 1. The number of hydrogen-bond acceptors (Lipinski definition) is 4. The SMILES string of the molecule is C=CCOC(=O)[C@@H]1[C@@H](c2ccc(Br)cc2)c2c([nH][nH]c2=O)C[C@@]1(C)O. The number of carbonyl (C=O) groups is 1. The molecule has 0 amide bonds. The quantitative estimate of drug-likeness (QED) is 0.535. The number of esters is 1. The van der Waals surface area contributed by atoms with Crippen molar-refractivity contribution < 1.29 is 14.6 Å². The monoisotopic (exact) mass is 406 g/mol. The number of aliphatic hydroxyl groups is 1. The Morgan fingerprint density at radius 1 is 1.44 bits per heavy atom. The molecule has 3 N–H and O–H groups in total. The molecular weight excluding hydrogens is 388 g/mol. The third-order valence-electron chi connectivity index (χ3n) is 4.57. The van der Waals surface area contributed by atoms with Gasteiger partial charge in [0.25, 0.3) is 5.56 Å². The summed E-state index contributed by atoms with van der Waals surface area (Å²) in [7, 11) is 0. The largest absolute Gasteiger partial charge is 0.461 e. The van der Waals surface area contributed by atoms with E-state index in [9.17, 15) is 14.7 Å². The Kier molecular flexibility index (Phi) is 4.71. The summed E-state index contributed by atoms with van der Waals surface area (Å²) in [5.74, 6) is -2.07. The zero-order chi connectivity index (χ0) is 18.2. The number of carbonyl (C=O) groups excluding carboxylic acids is 1. The molecule has 3 atom stereocenters. The van der Waals surface area contributed by atoms with E-state index >= 15 is 0 Å². The third kappa shape index (κ3) is 3.21. The summed E-state index contributed by atoms with van der Waals surface area (Å²) in [6.45, 7) is 5.18. The minimum absolute atomic E-state index is 0.0504. The molecular formula is C18H19BrN2O4. The molecule has 1 aromatic heterocycles. The van der Waals surface area contributed by atoms with E-state index < -0.39 is 23.4 Å². The van der Waals surface area contributed by atoms with E-state index in [1.807, 2.05) is 24.3 Å². The summed E-state index contributed by atoms with van der Waals surface area (Å²) >= 11 is 3.38. The van der Waals surface area contributed by atoms with Gasteiger partial charge in [0, 0.05) is 28.1 Å². The van der Waals surface area contributed by atoms with Gasteiger partial charge < -0.3 is 14.9 Å². The Morgan fingerprint density at radius 2 is 2.12 bits per heavy atom. The highest BCUT2D eigenvalue weighted by Gasteiger charge is 2.51. The summed E-state index contributed by atoms with van der Waals surface area (Å²) in [6, 6.07) is 7.34. The van der Waals surface area contributed by atoms with Crippen LogP contribution in [0.5, 0.6) is 0 Å². The molecule has 25 heavy (non-hydrogen) atoms. The van der Waals surface area contributed by atoms with E-state index in [2.05, 4.69) is 32.7 Å². The molecule has 1 aromatic carbocycles. The first kappa shape index (κ1) is 17.7. The van der Waals surface area contributed by atoms with Crippen molar-refractivity contribution in [3.63, 3.8) is 0 Å². The lowest BCUT2D eigenvalue weighted by molar-refractivity contribution is -0.158. The van der Waals surface area contributed by atoms with Gasteiger partial charge in [0.1, 0.15) is 6.61 Å². The second-order valence-electron chi connectivity index (χ2n) is 6.43. The maximum atomic E-state index is 12.7. The second-order valence-corrected chi connectivity index (χ2v) is 7.35. The van der Waals surface area contributed by atoms with Crippen molar-refractivity contribution in [2.45, 2.75) is 24.9 Å². The number of ether oxygens (including phenoxy) is 1. The van der Waals surface area contributed by atoms with Gasteiger partial charge in [0.15, 0.2) is 0 Å². The first-order valence-corrected chi connectivity index (χ1v) is 8.69. The first-order valence-electron chi connectivity index (χ1n) is 7.90. The lowest BCUT2D eigenvalue weighted by Crippen LogP contribution is -2.50. The van der Waals surface area contributed by atoms with E-state index in [1.165, 1.54) is 6.08 Å². The van der Waals surface area contributed by atoms with Crippen LogP contribution in [0.4, 0.5) is 0 Å². The minimum atomic E-state index is -1.37. The summed E-state index contributed by atoms with van der Waals surface area (Å²) < 4.78 is 6.11. The molecule has 0 saturated carbocycles. The van der Waals surface area contributed by atoms with Crippen LogP contribution in [0, 0.1) is 5.92 Å². The molecule has 0 spiro atoms. The number of benzene rings is 1. The molecule has 0 saturated heterocycles. The maximum Gasteiger partial charge on any atom is 0.313 e.